The molecule has 0 spiro atoms. The highest BCUT2D eigenvalue weighted by atomic mass is 79.9. The molecule has 0 amide bonds. The van der Waals surface area contributed by atoms with Gasteiger partial charge in [-0.25, -0.2) is 8.78 Å². The van der Waals surface area contributed by atoms with Crippen molar-refractivity contribution in [3.05, 3.63) is 20.8 Å². The van der Waals surface area contributed by atoms with Crippen molar-refractivity contribution in [3.63, 3.8) is 0 Å². The zero-order valence-electron chi connectivity index (χ0n) is 6.14. The van der Waals surface area contributed by atoms with E-state index < -0.39 is 12.5 Å². The van der Waals surface area contributed by atoms with E-state index in [1.54, 1.807) is 0 Å². The minimum Gasteiger partial charge on any atom is -0.323 e. The Morgan fingerprint density at radius 1 is 1.58 bits per heavy atom. The van der Waals surface area contributed by atoms with Crippen molar-refractivity contribution in [3.8, 4) is 0 Å². The highest BCUT2D eigenvalue weighted by molar-refractivity contribution is 9.10. The highest BCUT2D eigenvalue weighted by Crippen LogP contribution is 2.30. The van der Waals surface area contributed by atoms with E-state index in [0.717, 1.165) is 9.35 Å². The molecular formula is C7H8BrF2NS. The Hall–Kier alpha value is -0.000000000000000111. The fourth-order valence-corrected chi connectivity index (χ4v) is 2.55. The lowest BCUT2D eigenvalue weighted by atomic mass is 10.2. The van der Waals surface area contributed by atoms with Crippen molar-refractivity contribution >= 4 is 27.3 Å². The van der Waals surface area contributed by atoms with E-state index >= 15 is 0 Å². The fourth-order valence-electron chi connectivity index (χ4n) is 0.869. The van der Waals surface area contributed by atoms with Gasteiger partial charge in [0.05, 0.1) is 0 Å². The van der Waals surface area contributed by atoms with Gasteiger partial charge in [0.25, 0.3) is 0 Å². The van der Waals surface area contributed by atoms with Gasteiger partial charge in [0.2, 0.25) is 6.43 Å². The van der Waals surface area contributed by atoms with Gasteiger partial charge >= 0.3 is 0 Å². The summed E-state index contributed by atoms with van der Waals surface area (Å²) in [4.78, 5) is 0.787. The van der Waals surface area contributed by atoms with Gasteiger partial charge in [-0.1, -0.05) is 0 Å². The summed E-state index contributed by atoms with van der Waals surface area (Å²) in [5, 5.41) is 1.82. The molecule has 1 aromatic heterocycles. The second kappa shape index (κ2) is 4.30. The molecule has 0 saturated carbocycles. The maximum absolute atomic E-state index is 11.9. The minimum atomic E-state index is -2.34. The monoisotopic (exact) mass is 255 g/mol. The summed E-state index contributed by atoms with van der Waals surface area (Å²) >= 11 is 4.64. The van der Waals surface area contributed by atoms with Crippen LogP contribution in [0.1, 0.15) is 17.3 Å². The van der Waals surface area contributed by atoms with E-state index in [-0.39, 0.29) is 6.42 Å². The van der Waals surface area contributed by atoms with E-state index in [4.69, 9.17) is 5.73 Å². The summed E-state index contributed by atoms with van der Waals surface area (Å²) in [5.74, 6) is 0. The van der Waals surface area contributed by atoms with Crippen LogP contribution in [0.5, 0.6) is 0 Å². The number of alkyl halides is 2. The van der Waals surface area contributed by atoms with Crippen LogP contribution in [0.15, 0.2) is 15.9 Å². The first-order chi connectivity index (χ1) is 5.61. The predicted molar refractivity (Wildman–Crippen MR) is 49.6 cm³/mol. The molecule has 1 rings (SSSR count). The molecule has 5 heteroatoms. The molecule has 0 aliphatic rings. The van der Waals surface area contributed by atoms with Crippen LogP contribution < -0.4 is 5.73 Å². The lowest BCUT2D eigenvalue weighted by molar-refractivity contribution is 0.129. The number of thiophene rings is 1. The number of halogens is 3. The number of rotatable bonds is 3. The van der Waals surface area contributed by atoms with Gasteiger partial charge < -0.3 is 5.73 Å². The van der Waals surface area contributed by atoms with Gasteiger partial charge in [0.1, 0.15) is 0 Å². The van der Waals surface area contributed by atoms with E-state index in [1.165, 1.54) is 11.3 Å². The first-order valence-electron chi connectivity index (χ1n) is 3.38. The van der Waals surface area contributed by atoms with Crippen LogP contribution in [-0.4, -0.2) is 6.43 Å². The van der Waals surface area contributed by atoms with Crippen LogP contribution in [0.2, 0.25) is 0 Å². The summed E-state index contributed by atoms with van der Waals surface area (Å²) < 4.78 is 24.7. The topological polar surface area (TPSA) is 26.0 Å². The summed E-state index contributed by atoms with van der Waals surface area (Å²) in [5.41, 5.74) is 5.54. The van der Waals surface area contributed by atoms with E-state index in [1.807, 2.05) is 11.4 Å². The second-order valence-electron chi connectivity index (χ2n) is 2.37. The van der Waals surface area contributed by atoms with Crippen LogP contribution in [0.25, 0.3) is 0 Å². The Balaban J connectivity index is 2.65. The van der Waals surface area contributed by atoms with Crippen molar-refractivity contribution in [1.29, 1.82) is 0 Å². The molecular weight excluding hydrogens is 248 g/mol. The molecule has 1 aromatic rings. The zero-order valence-corrected chi connectivity index (χ0v) is 8.54. The highest BCUT2D eigenvalue weighted by Gasteiger charge is 2.15. The maximum Gasteiger partial charge on any atom is 0.240 e. The van der Waals surface area contributed by atoms with Crippen LogP contribution in [0, 0.1) is 0 Å². The summed E-state index contributed by atoms with van der Waals surface area (Å²) in [6.45, 7) is 0. The Labute approximate surface area is 81.7 Å². The normalized spacial score (nSPS) is 13.8. The van der Waals surface area contributed by atoms with Gasteiger partial charge in [-0.05, 0) is 27.4 Å². The molecule has 1 atom stereocenters. The molecule has 1 nitrogen and oxygen atoms in total. The molecule has 0 radical (unpaired) electrons. The lowest BCUT2D eigenvalue weighted by Crippen LogP contribution is -2.12. The van der Waals surface area contributed by atoms with E-state index in [0.29, 0.717) is 0 Å². The quantitative estimate of drug-likeness (QED) is 0.883. The van der Waals surface area contributed by atoms with Gasteiger partial charge in [0, 0.05) is 21.8 Å². The molecule has 1 heterocycles. The SMILES string of the molecule is N[C@@H](CC(F)F)c1sccc1Br. The van der Waals surface area contributed by atoms with Crippen LogP contribution in [0.4, 0.5) is 8.78 Å². The fraction of sp³-hybridized carbons (Fsp3) is 0.429. The number of hydrogen-bond acceptors (Lipinski definition) is 2. The molecule has 2 N–H and O–H groups in total. The van der Waals surface area contributed by atoms with Crippen LogP contribution >= 0.6 is 27.3 Å². The Bertz CT molecular complexity index is 251. The lowest BCUT2D eigenvalue weighted by Gasteiger charge is -2.08. The van der Waals surface area contributed by atoms with Crippen molar-refractivity contribution < 1.29 is 8.78 Å². The molecule has 0 bridgehead atoms. The third-order valence-corrected chi connectivity index (χ3v) is 3.42. The molecule has 68 valence electrons. The average molecular weight is 256 g/mol. The maximum atomic E-state index is 11.9. The van der Waals surface area contributed by atoms with Crippen molar-refractivity contribution in [2.45, 2.75) is 18.9 Å². The molecule has 0 saturated heterocycles. The molecule has 12 heavy (non-hydrogen) atoms. The predicted octanol–water partition coefficient (Wildman–Crippen LogP) is 3.17. The smallest absolute Gasteiger partial charge is 0.240 e. The molecule has 0 unspecified atom stereocenters. The Morgan fingerprint density at radius 2 is 2.25 bits per heavy atom. The first kappa shape index (κ1) is 10.1. The minimum absolute atomic E-state index is 0.279. The van der Waals surface area contributed by atoms with Crippen LogP contribution in [-0.2, 0) is 0 Å². The largest absolute Gasteiger partial charge is 0.323 e. The standard InChI is InChI=1S/C7H8BrF2NS/c8-4-1-2-12-7(4)5(11)3-6(9)10/h1-2,5-6H,3,11H2/t5-/m0/s1. The first-order valence-corrected chi connectivity index (χ1v) is 5.05. The molecule has 0 aliphatic heterocycles. The van der Waals surface area contributed by atoms with E-state index in [9.17, 15) is 8.78 Å². The van der Waals surface area contributed by atoms with Gasteiger partial charge in [-0.2, -0.15) is 0 Å². The third kappa shape index (κ3) is 2.50. The zero-order chi connectivity index (χ0) is 9.14. The van der Waals surface area contributed by atoms with Gasteiger partial charge in [-0.15, -0.1) is 11.3 Å². The molecule has 0 fully saturated rings. The van der Waals surface area contributed by atoms with Crippen molar-refractivity contribution in [2.24, 2.45) is 5.73 Å². The average Bonchev–Trinajstić information content (AvgIpc) is 2.33. The van der Waals surface area contributed by atoms with E-state index in [2.05, 4.69) is 15.9 Å². The van der Waals surface area contributed by atoms with Crippen molar-refractivity contribution in [1.82, 2.24) is 0 Å². The van der Waals surface area contributed by atoms with Crippen LogP contribution in [0.3, 0.4) is 0 Å². The molecule has 0 aromatic carbocycles. The summed E-state index contributed by atoms with van der Waals surface area (Å²) in [7, 11) is 0. The van der Waals surface area contributed by atoms with Gasteiger partial charge in [0.15, 0.2) is 0 Å². The number of hydrogen-bond donors (Lipinski definition) is 1. The second-order valence-corrected chi connectivity index (χ2v) is 4.17. The number of nitrogens with two attached hydrogens (primary N) is 1. The Kier molecular flexibility index (Phi) is 3.61. The third-order valence-electron chi connectivity index (χ3n) is 1.41. The van der Waals surface area contributed by atoms with Crippen molar-refractivity contribution in [2.75, 3.05) is 0 Å². The van der Waals surface area contributed by atoms with Gasteiger partial charge in [-0.3, -0.25) is 0 Å². The summed E-state index contributed by atoms with van der Waals surface area (Å²) in [6, 6.07) is 1.25. The summed E-state index contributed by atoms with van der Waals surface area (Å²) in [6.07, 6.45) is -2.62. The Morgan fingerprint density at radius 3 is 2.67 bits per heavy atom. The molecule has 0 aliphatic carbocycles.